The number of aliphatic imine (C=N–C) groups is 2. The lowest BCUT2D eigenvalue weighted by molar-refractivity contribution is 0.150. The van der Waals surface area contributed by atoms with Gasteiger partial charge in [0.05, 0.1) is 44.1 Å². The summed E-state index contributed by atoms with van der Waals surface area (Å²) < 4.78 is 17.2. The van der Waals surface area contributed by atoms with Gasteiger partial charge in [0.25, 0.3) is 0 Å². The van der Waals surface area contributed by atoms with Crippen molar-refractivity contribution in [2.45, 2.75) is 19.3 Å². The predicted octanol–water partition coefficient (Wildman–Crippen LogP) is 3.07. The molecule has 0 saturated carbocycles. The summed E-state index contributed by atoms with van der Waals surface area (Å²) in [5, 5.41) is 0. The fourth-order valence-corrected chi connectivity index (χ4v) is 2.28. The van der Waals surface area contributed by atoms with Crippen LogP contribution in [0.15, 0.2) is 43.1 Å². The van der Waals surface area contributed by atoms with Crippen LogP contribution in [0.1, 0.15) is 36.9 Å². The molecule has 0 unspecified atom stereocenters. The highest BCUT2D eigenvalue weighted by atomic mass is 16.5. The lowest BCUT2D eigenvalue weighted by atomic mass is 9.87. The van der Waals surface area contributed by atoms with Crippen LogP contribution in [-0.4, -0.2) is 38.7 Å². The molecule has 1 aliphatic rings. The molecule has 2 aromatic heterocycles. The minimum absolute atomic E-state index is 0.349. The maximum atomic E-state index is 5.88. The van der Waals surface area contributed by atoms with Gasteiger partial charge in [-0.2, -0.15) is 0 Å². The largest absolute Gasteiger partial charge is 0.459 e. The van der Waals surface area contributed by atoms with E-state index in [1.807, 2.05) is 24.3 Å². The zero-order chi connectivity index (χ0) is 15.4. The summed E-state index contributed by atoms with van der Waals surface area (Å²) in [6.07, 6.45) is 3.47. The topological polar surface area (TPSA) is 60.2 Å². The number of hydrogen-bond donors (Lipinski definition) is 0. The van der Waals surface area contributed by atoms with Crippen LogP contribution < -0.4 is 0 Å². The Labute approximate surface area is 129 Å². The molecule has 5 nitrogen and oxygen atoms in total. The molecule has 0 spiro atoms. The van der Waals surface area contributed by atoms with Gasteiger partial charge < -0.3 is 13.6 Å². The molecule has 116 valence electrons. The van der Waals surface area contributed by atoms with Crippen molar-refractivity contribution in [3.63, 3.8) is 0 Å². The fraction of sp³-hybridized carbons (Fsp3) is 0.412. The third kappa shape index (κ3) is 3.20. The first-order valence-corrected chi connectivity index (χ1v) is 7.44. The van der Waals surface area contributed by atoms with Gasteiger partial charge in [0.2, 0.25) is 0 Å². The van der Waals surface area contributed by atoms with Crippen molar-refractivity contribution in [3.05, 3.63) is 47.3 Å². The number of ether oxygens (including phenoxy) is 1. The standard InChI is InChI=1S/C17H20N2O3/c1-17(2)15-5-3-13(21-15)11-18-7-9-20-10-8-19-12-14-4-6-16(17)22-14/h3-6,11-12H,7-10H2,1-2H3. The average Bonchev–Trinajstić information content (AvgIpc) is 3.14. The van der Waals surface area contributed by atoms with Crippen molar-refractivity contribution in [2.24, 2.45) is 9.98 Å². The Kier molecular flexibility index (Phi) is 4.24. The summed E-state index contributed by atoms with van der Waals surface area (Å²) in [5.74, 6) is 3.16. The minimum atomic E-state index is -0.349. The molecule has 4 bridgehead atoms. The van der Waals surface area contributed by atoms with Crippen molar-refractivity contribution in [3.8, 4) is 0 Å². The average molecular weight is 300 g/mol. The second-order valence-electron chi connectivity index (χ2n) is 5.71. The van der Waals surface area contributed by atoms with E-state index < -0.39 is 0 Å². The third-order valence-corrected chi connectivity index (χ3v) is 3.65. The van der Waals surface area contributed by atoms with Gasteiger partial charge in [0, 0.05) is 0 Å². The van der Waals surface area contributed by atoms with E-state index in [1.165, 1.54) is 0 Å². The Morgan fingerprint density at radius 3 is 1.82 bits per heavy atom. The highest BCUT2D eigenvalue weighted by molar-refractivity contribution is 5.76. The van der Waals surface area contributed by atoms with Crippen molar-refractivity contribution < 1.29 is 13.6 Å². The van der Waals surface area contributed by atoms with Crippen LogP contribution in [-0.2, 0) is 10.2 Å². The summed E-state index contributed by atoms with van der Waals surface area (Å²) >= 11 is 0. The van der Waals surface area contributed by atoms with Crippen LogP contribution in [0.25, 0.3) is 0 Å². The fourth-order valence-electron chi connectivity index (χ4n) is 2.28. The summed E-state index contributed by atoms with van der Waals surface area (Å²) in [7, 11) is 0. The van der Waals surface area contributed by atoms with Crippen LogP contribution in [0.5, 0.6) is 0 Å². The zero-order valence-corrected chi connectivity index (χ0v) is 12.9. The first kappa shape index (κ1) is 14.8. The second kappa shape index (κ2) is 6.32. The quantitative estimate of drug-likeness (QED) is 0.751. The number of hydrogen-bond acceptors (Lipinski definition) is 5. The van der Waals surface area contributed by atoms with Crippen LogP contribution >= 0.6 is 0 Å². The Bertz CT molecular complexity index is 623. The van der Waals surface area contributed by atoms with E-state index in [-0.39, 0.29) is 5.41 Å². The highest BCUT2D eigenvalue weighted by Crippen LogP contribution is 2.33. The maximum Gasteiger partial charge on any atom is 0.144 e. The van der Waals surface area contributed by atoms with Crippen molar-refractivity contribution in [1.82, 2.24) is 0 Å². The molecule has 0 atom stereocenters. The second-order valence-corrected chi connectivity index (χ2v) is 5.71. The first-order chi connectivity index (χ1) is 10.7. The predicted molar refractivity (Wildman–Crippen MR) is 85.3 cm³/mol. The monoisotopic (exact) mass is 300 g/mol. The smallest absolute Gasteiger partial charge is 0.144 e. The number of fused-ring (bicyclic) bond motifs is 4. The molecule has 0 aromatic carbocycles. The Morgan fingerprint density at radius 1 is 0.818 bits per heavy atom. The molecule has 0 amide bonds. The van der Waals surface area contributed by atoms with Gasteiger partial charge in [-0.05, 0) is 38.1 Å². The Balaban J connectivity index is 1.93. The molecule has 0 saturated heterocycles. The lowest BCUT2D eigenvalue weighted by Gasteiger charge is -2.19. The van der Waals surface area contributed by atoms with E-state index >= 15 is 0 Å². The number of rotatable bonds is 0. The summed E-state index contributed by atoms with van der Waals surface area (Å²) in [4.78, 5) is 8.61. The Hall–Kier alpha value is -2.14. The van der Waals surface area contributed by atoms with Crippen molar-refractivity contribution in [2.75, 3.05) is 26.3 Å². The van der Waals surface area contributed by atoms with Gasteiger partial charge in [0.1, 0.15) is 23.0 Å². The molecule has 0 N–H and O–H groups in total. The molecular weight excluding hydrogens is 280 g/mol. The Morgan fingerprint density at radius 2 is 1.32 bits per heavy atom. The maximum absolute atomic E-state index is 5.88. The third-order valence-electron chi connectivity index (χ3n) is 3.65. The molecular formula is C17H20N2O3. The van der Waals surface area contributed by atoms with Crippen LogP contribution in [0.4, 0.5) is 0 Å². The molecule has 0 radical (unpaired) electrons. The van der Waals surface area contributed by atoms with E-state index in [4.69, 9.17) is 13.6 Å². The summed E-state index contributed by atoms with van der Waals surface area (Å²) in [6, 6.07) is 7.77. The van der Waals surface area contributed by atoms with Crippen molar-refractivity contribution >= 4 is 12.4 Å². The van der Waals surface area contributed by atoms with E-state index in [0.29, 0.717) is 26.3 Å². The van der Waals surface area contributed by atoms with E-state index in [2.05, 4.69) is 23.8 Å². The summed E-state index contributed by atoms with van der Waals surface area (Å²) in [5.41, 5.74) is -0.349. The SMILES string of the molecule is CC1(C)c2ccc(o2)C=NCCOCCN=Cc2ccc1o2. The first-order valence-electron chi connectivity index (χ1n) is 7.44. The van der Waals surface area contributed by atoms with Crippen LogP contribution in [0.3, 0.4) is 0 Å². The zero-order valence-electron chi connectivity index (χ0n) is 12.9. The van der Waals surface area contributed by atoms with E-state index in [0.717, 1.165) is 23.0 Å². The van der Waals surface area contributed by atoms with Gasteiger partial charge in [-0.15, -0.1) is 0 Å². The number of furan rings is 2. The van der Waals surface area contributed by atoms with Gasteiger partial charge in [-0.3, -0.25) is 9.98 Å². The highest BCUT2D eigenvalue weighted by Gasteiger charge is 2.30. The molecule has 0 fully saturated rings. The van der Waals surface area contributed by atoms with Crippen molar-refractivity contribution in [1.29, 1.82) is 0 Å². The van der Waals surface area contributed by atoms with Crippen LogP contribution in [0, 0.1) is 0 Å². The van der Waals surface area contributed by atoms with Gasteiger partial charge in [-0.25, -0.2) is 0 Å². The van der Waals surface area contributed by atoms with Gasteiger partial charge >= 0.3 is 0 Å². The molecule has 22 heavy (non-hydrogen) atoms. The molecule has 0 aliphatic carbocycles. The molecule has 2 aromatic rings. The molecule has 3 rings (SSSR count). The van der Waals surface area contributed by atoms with Gasteiger partial charge in [0.15, 0.2) is 0 Å². The molecule has 5 heteroatoms. The summed E-state index contributed by atoms with van der Waals surface area (Å²) in [6.45, 7) is 6.53. The van der Waals surface area contributed by atoms with E-state index in [1.54, 1.807) is 12.4 Å². The molecule has 1 aliphatic heterocycles. The lowest BCUT2D eigenvalue weighted by Crippen LogP contribution is -2.17. The normalized spacial score (nSPS) is 18.5. The van der Waals surface area contributed by atoms with Crippen LogP contribution in [0.2, 0.25) is 0 Å². The minimum Gasteiger partial charge on any atom is -0.459 e. The van der Waals surface area contributed by atoms with Gasteiger partial charge in [-0.1, -0.05) is 0 Å². The van der Waals surface area contributed by atoms with E-state index in [9.17, 15) is 0 Å². The molecule has 3 heterocycles. The number of nitrogens with zero attached hydrogens (tertiary/aromatic N) is 2.